The van der Waals surface area contributed by atoms with Crippen molar-refractivity contribution in [3.63, 3.8) is 0 Å². The van der Waals surface area contributed by atoms with Gasteiger partial charge in [0.05, 0.1) is 12.7 Å². The van der Waals surface area contributed by atoms with Crippen LogP contribution in [0, 0.1) is 0 Å². The molecule has 0 aliphatic carbocycles. The Balaban J connectivity index is 1.30. The maximum atomic E-state index is 12.2. The van der Waals surface area contributed by atoms with E-state index < -0.39 is 5.91 Å². The molecule has 8 heteroatoms. The van der Waals surface area contributed by atoms with E-state index in [4.69, 9.17) is 4.42 Å². The number of H-pyrrole nitrogens is 1. The van der Waals surface area contributed by atoms with Gasteiger partial charge in [0, 0.05) is 28.4 Å². The average Bonchev–Trinajstić information content (AvgIpc) is 3.43. The van der Waals surface area contributed by atoms with Gasteiger partial charge in [0.25, 0.3) is 11.8 Å². The lowest BCUT2D eigenvalue weighted by atomic mass is 10.1. The average molecular weight is 402 g/mol. The molecular weight excluding hydrogens is 384 g/mol. The van der Waals surface area contributed by atoms with E-state index in [1.165, 1.54) is 6.26 Å². The second-order valence-electron chi connectivity index (χ2n) is 6.55. The fourth-order valence-corrected chi connectivity index (χ4v) is 3.00. The van der Waals surface area contributed by atoms with Crippen molar-refractivity contribution < 1.29 is 18.8 Å². The van der Waals surface area contributed by atoms with Crippen LogP contribution in [0.25, 0.3) is 10.9 Å². The summed E-state index contributed by atoms with van der Waals surface area (Å²) in [7, 11) is 0. The van der Waals surface area contributed by atoms with E-state index in [2.05, 4.69) is 21.2 Å². The highest BCUT2D eigenvalue weighted by Gasteiger charge is 2.12. The number of rotatable bonds is 5. The van der Waals surface area contributed by atoms with Crippen molar-refractivity contribution in [3.05, 3.63) is 90.0 Å². The number of amides is 3. The standard InChI is InChI=1S/C22H18N4O4/c27-20(12-15-13-23-18-5-2-1-4-17(15)18)25-26-21(28)14-7-9-16(10-8-14)24-22(29)19-6-3-11-30-19/h1-11,13,23H,12H2,(H,24,29)(H,25,27)(H,26,28). The summed E-state index contributed by atoms with van der Waals surface area (Å²) in [6.45, 7) is 0. The number of aromatic nitrogens is 1. The fourth-order valence-electron chi connectivity index (χ4n) is 3.00. The molecule has 0 saturated carbocycles. The molecule has 8 nitrogen and oxygen atoms in total. The van der Waals surface area contributed by atoms with Gasteiger partial charge in [-0.25, -0.2) is 0 Å². The van der Waals surface area contributed by atoms with E-state index in [9.17, 15) is 14.4 Å². The van der Waals surface area contributed by atoms with Crippen LogP contribution in [0.3, 0.4) is 0 Å². The Morgan fingerprint density at radius 3 is 2.43 bits per heavy atom. The number of hydrogen-bond donors (Lipinski definition) is 4. The van der Waals surface area contributed by atoms with Gasteiger partial charge in [-0.05, 0) is 48.0 Å². The summed E-state index contributed by atoms with van der Waals surface area (Å²) in [6.07, 6.45) is 3.32. The van der Waals surface area contributed by atoms with Crippen LogP contribution < -0.4 is 16.2 Å². The Morgan fingerprint density at radius 1 is 0.867 bits per heavy atom. The normalized spacial score (nSPS) is 10.5. The van der Waals surface area contributed by atoms with Gasteiger partial charge in [-0.2, -0.15) is 0 Å². The summed E-state index contributed by atoms with van der Waals surface area (Å²) in [5.74, 6) is -1.00. The lowest BCUT2D eigenvalue weighted by Crippen LogP contribution is -2.42. The fraction of sp³-hybridized carbons (Fsp3) is 0.0455. The number of para-hydroxylation sites is 1. The molecule has 3 amide bonds. The smallest absolute Gasteiger partial charge is 0.291 e. The molecule has 4 N–H and O–H groups in total. The molecule has 4 aromatic rings. The van der Waals surface area contributed by atoms with E-state index >= 15 is 0 Å². The minimum absolute atomic E-state index is 0.127. The van der Waals surface area contributed by atoms with Crippen molar-refractivity contribution in [1.82, 2.24) is 15.8 Å². The zero-order chi connectivity index (χ0) is 20.9. The predicted octanol–water partition coefficient (Wildman–Crippen LogP) is 3.02. The summed E-state index contributed by atoms with van der Waals surface area (Å²) in [6, 6.07) is 17.1. The van der Waals surface area contributed by atoms with E-state index in [0.29, 0.717) is 11.3 Å². The van der Waals surface area contributed by atoms with Crippen molar-refractivity contribution >= 4 is 34.3 Å². The van der Waals surface area contributed by atoms with Gasteiger partial charge in [0.15, 0.2) is 5.76 Å². The summed E-state index contributed by atoms with van der Waals surface area (Å²) in [4.78, 5) is 39.5. The first-order chi connectivity index (χ1) is 14.6. The van der Waals surface area contributed by atoms with Crippen LogP contribution in [0.15, 0.2) is 77.5 Å². The molecule has 0 aliphatic heterocycles. The molecule has 0 radical (unpaired) electrons. The van der Waals surface area contributed by atoms with Crippen LogP contribution in [-0.4, -0.2) is 22.7 Å². The SMILES string of the molecule is O=C(Cc1c[nH]c2ccccc12)NNC(=O)c1ccc(NC(=O)c2ccco2)cc1. The molecule has 2 aromatic heterocycles. The number of anilines is 1. The second kappa shape index (κ2) is 8.36. The maximum absolute atomic E-state index is 12.2. The third-order valence-corrected chi connectivity index (χ3v) is 4.49. The Bertz CT molecular complexity index is 1190. The van der Waals surface area contributed by atoms with E-state index in [-0.39, 0.29) is 24.0 Å². The predicted molar refractivity (Wildman–Crippen MR) is 111 cm³/mol. The summed E-state index contributed by atoms with van der Waals surface area (Å²) in [5.41, 5.74) is 7.44. The van der Waals surface area contributed by atoms with Gasteiger partial charge >= 0.3 is 0 Å². The molecule has 150 valence electrons. The van der Waals surface area contributed by atoms with Gasteiger partial charge in [-0.15, -0.1) is 0 Å². The maximum Gasteiger partial charge on any atom is 0.291 e. The Hall–Kier alpha value is -4.33. The van der Waals surface area contributed by atoms with E-state index in [1.807, 2.05) is 24.3 Å². The third-order valence-electron chi connectivity index (χ3n) is 4.49. The number of carbonyl (C=O) groups excluding carboxylic acids is 3. The number of carbonyl (C=O) groups is 3. The largest absolute Gasteiger partial charge is 0.459 e. The number of aromatic amines is 1. The van der Waals surface area contributed by atoms with E-state index in [1.54, 1.807) is 42.6 Å². The van der Waals surface area contributed by atoms with Gasteiger partial charge in [-0.3, -0.25) is 25.2 Å². The Morgan fingerprint density at radius 2 is 1.67 bits per heavy atom. The molecule has 0 saturated heterocycles. The first-order valence-corrected chi connectivity index (χ1v) is 9.19. The van der Waals surface area contributed by atoms with Crippen molar-refractivity contribution in [1.29, 1.82) is 0 Å². The van der Waals surface area contributed by atoms with Crippen LogP contribution in [0.5, 0.6) is 0 Å². The second-order valence-corrected chi connectivity index (χ2v) is 6.55. The first-order valence-electron chi connectivity index (χ1n) is 9.19. The minimum atomic E-state index is -0.466. The van der Waals surface area contributed by atoms with Crippen molar-refractivity contribution in [2.75, 3.05) is 5.32 Å². The lowest BCUT2D eigenvalue weighted by Gasteiger charge is -2.08. The lowest BCUT2D eigenvalue weighted by molar-refractivity contribution is -0.121. The number of hydrogen-bond acceptors (Lipinski definition) is 4. The van der Waals surface area contributed by atoms with Crippen LogP contribution in [0.4, 0.5) is 5.69 Å². The highest BCUT2D eigenvalue weighted by atomic mass is 16.3. The van der Waals surface area contributed by atoms with Crippen LogP contribution in [-0.2, 0) is 11.2 Å². The van der Waals surface area contributed by atoms with Crippen LogP contribution in [0.2, 0.25) is 0 Å². The molecular formula is C22H18N4O4. The summed E-state index contributed by atoms with van der Waals surface area (Å²) in [5, 5.41) is 3.63. The Kier molecular flexibility index (Phi) is 5.29. The highest BCUT2D eigenvalue weighted by Crippen LogP contribution is 2.18. The third kappa shape index (κ3) is 4.22. The monoisotopic (exact) mass is 402 g/mol. The number of hydrazine groups is 1. The summed E-state index contributed by atoms with van der Waals surface area (Å²) < 4.78 is 5.03. The Labute approximate surface area is 171 Å². The van der Waals surface area contributed by atoms with Crippen LogP contribution >= 0.6 is 0 Å². The molecule has 2 aromatic carbocycles. The molecule has 0 aliphatic rings. The van der Waals surface area contributed by atoms with Crippen LogP contribution in [0.1, 0.15) is 26.5 Å². The molecule has 0 fully saturated rings. The van der Waals surface area contributed by atoms with Gasteiger partial charge in [-0.1, -0.05) is 18.2 Å². The molecule has 0 spiro atoms. The highest BCUT2D eigenvalue weighted by molar-refractivity contribution is 6.02. The summed E-state index contributed by atoms with van der Waals surface area (Å²) >= 11 is 0. The number of furan rings is 1. The molecule has 2 heterocycles. The quantitative estimate of drug-likeness (QED) is 0.384. The molecule has 30 heavy (non-hydrogen) atoms. The zero-order valence-electron chi connectivity index (χ0n) is 15.8. The van der Waals surface area contributed by atoms with E-state index in [0.717, 1.165) is 16.5 Å². The minimum Gasteiger partial charge on any atom is -0.459 e. The molecule has 0 atom stereocenters. The van der Waals surface area contributed by atoms with Crippen molar-refractivity contribution in [2.45, 2.75) is 6.42 Å². The topological polar surface area (TPSA) is 116 Å². The zero-order valence-corrected chi connectivity index (χ0v) is 15.8. The van der Waals surface area contributed by atoms with Gasteiger partial charge < -0.3 is 14.7 Å². The first kappa shape index (κ1) is 19.0. The number of fused-ring (bicyclic) bond motifs is 1. The number of nitrogens with one attached hydrogen (secondary N) is 4. The number of benzene rings is 2. The van der Waals surface area contributed by atoms with Gasteiger partial charge in [0.2, 0.25) is 5.91 Å². The van der Waals surface area contributed by atoms with Gasteiger partial charge in [0.1, 0.15) is 0 Å². The molecule has 0 bridgehead atoms. The molecule has 4 rings (SSSR count). The van der Waals surface area contributed by atoms with Crippen molar-refractivity contribution in [2.24, 2.45) is 0 Å². The molecule has 0 unspecified atom stereocenters. The van der Waals surface area contributed by atoms with Crippen molar-refractivity contribution in [3.8, 4) is 0 Å².